The fourth-order valence-electron chi connectivity index (χ4n) is 1.63. The second-order valence-corrected chi connectivity index (χ2v) is 4.64. The Kier molecular flexibility index (Phi) is 13.2. The molecule has 0 aliphatic rings. The number of hydrogen-bond donors (Lipinski definition) is 4. The fourth-order valence-corrected chi connectivity index (χ4v) is 1.63. The van der Waals surface area contributed by atoms with Crippen LogP contribution in [0, 0.1) is 0 Å². The third kappa shape index (κ3) is 9.79. The van der Waals surface area contributed by atoms with Crippen molar-refractivity contribution < 1.29 is 42.1 Å². The Hall–Kier alpha value is -1.99. The van der Waals surface area contributed by atoms with Crippen LogP contribution in [-0.2, 0) is 21.7 Å². The zero-order valence-corrected chi connectivity index (χ0v) is 15.3. The number of aliphatic imine (C=N–C) groups is 2. The smallest absolute Gasteiger partial charge is 0.124 e. The van der Waals surface area contributed by atoms with Crippen LogP contribution in [0.2, 0.25) is 0 Å². The summed E-state index contributed by atoms with van der Waals surface area (Å²) in [5, 5.41) is 35.4. The van der Waals surface area contributed by atoms with Crippen LogP contribution in [0.15, 0.2) is 58.5 Å². The molecule has 4 N–H and O–H groups in total. The molecule has 6 nitrogen and oxygen atoms in total. The van der Waals surface area contributed by atoms with Gasteiger partial charge in [-0.2, -0.15) is 0 Å². The summed E-state index contributed by atoms with van der Waals surface area (Å²) in [6.45, 7) is 0.802. The van der Waals surface area contributed by atoms with Crippen LogP contribution in [0.3, 0.4) is 0 Å². The summed E-state index contributed by atoms with van der Waals surface area (Å²) in [6.07, 6.45) is 3.09. The molecule has 0 bridgehead atoms. The van der Waals surface area contributed by atoms with Crippen molar-refractivity contribution in [2.75, 3.05) is 26.3 Å². The Bertz CT molecular complexity index is 606. The topological polar surface area (TPSA) is 106 Å². The van der Waals surface area contributed by atoms with Crippen LogP contribution in [0.1, 0.15) is 11.1 Å². The number of aliphatic hydroxyl groups is 2. The molecule has 0 aromatic heterocycles. The number of rotatable bonds is 6. The molecule has 0 amide bonds. The van der Waals surface area contributed by atoms with Crippen LogP contribution < -0.4 is 0 Å². The summed E-state index contributed by atoms with van der Waals surface area (Å²) >= 11 is 0. The van der Waals surface area contributed by atoms with Gasteiger partial charge in [-0.25, -0.2) is 0 Å². The second kappa shape index (κ2) is 14.4. The molecule has 0 spiro atoms. The second-order valence-electron chi connectivity index (χ2n) is 4.64. The van der Waals surface area contributed by atoms with Crippen LogP contribution in [0.5, 0.6) is 11.5 Å². The third-order valence-electron chi connectivity index (χ3n) is 2.79. The molecule has 0 aliphatic heterocycles. The van der Waals surface area contributed by atoms with Crippen LogP contribution in [0.25, 0.3) is 0 Å². The summed E-state index contributed by atoms with van der Waals surface area (Å²) in [7, 11) is 0. The maximum absolute atomic E-state index is 9.26. The van der Waals surface area contributed by atoms with E-state index in [4.69, 9.17) is 10.2 Å². The molecule has 0 radical (unpaired) electrons. The largest absolute Gasteiger partial charge is 0.507 e. The molecule has 0 atom stereocenters. The van der Waals surface area contributed by atoms with E-state index >= 15 is 0 Å². The van der Waals surface area contributed by atoms with Gasteiger partial charge in [-0.15, -0.1) is 0 Å². The molecule has 132 valence electrons. The summed E-state index contributed by atoms with van der Waals surface area (Å²) in [5.41, 5.74) is 1.34. The Morgan fingerprint density at radius 2 is 1.04 bits per heavy atom. The third-order valence-corrected chi connectivity index (χ3v) is 2.79. The number of aliphatic hydroxyl groups excluding tert-OH is 2. The van der Waals surface area contributed by atoms with Gasteiger partial charge in [0.2, 0.25) is 0 Å². The first kappa shape index (κ1) is 23.0. The van der Waals surface area contributed by atoms with Crippen LogP contribution in [0.4, 0.5) is 0 Å². The van der Waals surface area contributed by atoms with Crippen molar-refractivity contribution in [3.63, 3.8) is 0 Å². The maximum Gasteiger partial charge on any atom is 0.124 e. The Morgan fingerprint density at radius 3 is 1.36 bits per heavy atom. The van der Waals surface area contributed by atoms with Crippen molar-refractivity contribution in [3.05, 3.63) is 59.7 Å². The van der Waals surface area contributed by atoms with Gasteiger partial charge in [-0.3, -0.25) is 9.98 Å². The molecule has 0 aliphatic carbocycles. The molecular formula is C18H22N2O4Ti. The van der Waals surface area contributed by atoms with Crippen LogP contribution in [-0.4, -0.2) is 59.2 Å². The zero-order chi connectivity index (χ0) is 17.6. The van der Waals surface area contributed by atoms with Gasteiger partial charge in [0, 0.05) is 45.3 Å². The standard InChI is InChI=1S/2C9H11NO2.Ti/c2*11-6-5-10-7-8-3-1-2-4-9(8)12;/h2*1-4,7,11-12H,5-6H2;. The first-order valence-electron chi connectivity index (χ1n) is 7.46. The van der Waals surface area contributed by atoms with Crippen molar-refractivity contribution in [2.24, 2.45) is 9.98 Å². The van der Waals surface area contributed by atoms with Gasteiger partial charge in [0.05, 0.1) is 26.3 Å². The molecule has 0 saturated heterocycles. The van der Waals surface area contributed by atoms with Crippen molar-refractivity contribution in [1.82, 2.24) is 0 Å². The van der Waals surface area contributed by atoms with E-state index in [1.54, 1.807) is 48.8 Å². The van der Waals surface area contributed by atoms with Gasteiger partial charge in [0.1, 0.15) is 11.5 Å². The number of nitrogens with zero attached hydrogens (tertiary/aromatic N) is 2. The van der Waals surface area contributed by atoms with Gasteiger partial charge < -0.3 is 20.4 Å². The number of aromatic hydroxyl groups is 2. The molecule has 2 aromatic rings. The quantitative estimate of drug-likeness (QED) is 0.453. The first-order chi connectivity index (χ1) is 11.7. The van der Waals surface area contributed by atoms with Crippen LogP contribution >= 0.6 is 0 Å². The van der Waals surface area contributed by atoms with E-state index in [2.05, 4.69) is 9.98 Å². The first-order valence-corrected chi connectivity index (χ1v) is 7.46. The molecule has 7 heteroatoms. The van der Waals surface area contributed by atoms with Gasteiger partial charge in [0.15, 0.2) is 0 Å². The minimum Gasteiger partial charge on any atom is -0.507 e. The van der Waals surface area contributed by atoms with Gasteiger partial charge in [-0.05, 0) is 24.3 Å². The van der Waals surface area contributed by atoms with Crippen molar-refractivity contribution in [2.45, 2.75) is 0 Å². The van der Waals surface area contributed by atoms with E-state index in [-0.39, 0.29) is 46.4 Å². The van der Waals surface area contributed by atoms with Crippen molar-refractivity contribution in [1.29, 1.82) is 0 Å². The van der Waals surface area contributed by atoms with E-state index < -0.39 is 0 Å². The fraction of sp³-hybridized carbons (Fsp3) is 0.222. The summed E-state index contributed by atoms with van der Waals surface area (Å²) in [6, 6.07) is 13.9. The zero-order valence-electron chi connectivity index (χ0n) is 13.8. The number of benzene rings is 2. The maximum atomic E-state index is 9.26. The normalized spacial score (nSPS) is 10.3. The molecule has 0 saturated carbocycles. The predicted octanol–water partition coefficient (Wildman–Crippen LogP) is 1.60. The SMILES string of the molecule is OCCN=Cc1ccccc1O.OCCN=Cc1ccccc1O.[Ti]. The average Bonchev–Trinajstić information content (AvgIpc) is 2.59. The minimum atomic E-state index is 0. The van der Waals surface area contributed by atoms with Crippen molar-refractivity contribution in [3.8, 4) is 11.5 Å². The van der Waals surface area contributed by atoms with Crippen molar-refractivity contribution >= 4 is 12.4 Å². The molecular weight excluding hydrogens is 356 g/mol. The monoisotopic (exact) mass is 378 g/mol. The average molecular weight is 378 g/mol. The van der Waals surface area contributed by atoms with Gasteiger partial charge >= 0.3 is 0 Å². The molecule has 2 rings (SSSR count). The molecule has 25 heavy (non-hydrogen) atoms. The van der Waals surface area contributed by atoms with E-state index in [1.165, 1.54) is 0 Å². The molecule has 2 aromatic carbocycles. The number of hydrogen-bond acceptors (Lipinski definition) is 6. The molecule has 0 fully saturated rings. The van der Waals surface area contributed by atoms with Gasteiger partial charge in [0.25, 0.3) is 0 Å². The Balaban J connectivity index is 0.000000443. The van der Waals surface area contributed by atoms with E-state index in [1.807, 2.05) is 12.1 Å². The van der Waals surface area contributed by atoms with E-state index in [0.29, 0.717) is 24.2 Å². The van der Waals surface area contributed by atoms with E-state index in [0.717, 1.165) is 0 Å². The summed E-state index contributed by atoms with van der Waals surface area (Å²) in [5.74, 6) is 0.415. The number of para-hydroxylation sites is 2. The molecule has 0 heterocycles. The summed E-state index contributed by atoms with van der Waals surface area (Å²) < 4.78 is 0. The van der Waals surface area contributed by atoms with Gasteiger partial charge in [-0.1, -0.05) is 24.3 Å². The predicted molar refractivity (Wildman–Crippen MR) is 95.3 cm³/mol. The minimum absolute atomic E-state index is 0. The Morgan fingerprint density at radius 1 is 0.680 bits per heavy atom. The Labute approximate surface area is 162 Å². The van der Waals surface area contributed by atoms with E-state index in [9.17, 15) is 10.2 Å². The molecule has 0 unspecified atom stereocenters. The number of phenolic OH excluding ortho intramolecular Hbond substituents is 2. The number of phenols is 2. The summed E-state index contributed by atoms with van der Waals surface area (Å²) in [4.78, 5) is 7.77.